The van der Waals surface area contributed by atoms with Gasteiger partial charge in [0.1, 0.15) is 6.54 Å². The maximum atomic E-state index is 8.74. The highest BCUT2D eigenvalue weighted by Gasteiger charge is 2.20. The first kappa shape index (κ1) is 18.0. The summed E-state index contributed by atoms with van der Waals surface area (Å²) in [6.45, 7) is 11.7. The van der Waals surface area contributed by atoms with Crippen LogP contribution < -0.4 is 0 Å². The van der Waals surface area contributed by atoms with Gasteiger partial charge < -0.3 is 4.48 Å². The van der Waals surface area contributed by atoms with Crippen LogP contribution in [0.15, 0.2) is 30.3 Å². The average molecular weight is 290 g/mol. The fourth-order valence-corrected chi connectivity index (χ4v) is 1.98. The number of rotatable bonds is 5. The lowest BCUT2D eigenvalue weighted by Crippen LogP contribution is -2.46. The highest BCUT2D eigenvalue weighted by atomic mass is 32.3. The van der Waals surface area contributed by atoms with E-state index in [9.17, 15) is 0 Å². The van der Waals surface area contributed by atoms with Crippen molar-refractivity contribution in [2.75, 3.05) is 19.6 Å². The second kappa shape index (κ2) is 8.27. The molecular formula is C13H24NO4S+. The predicted molar refractivity (Wildman–Crippen MR) is 76.2 cm³/mol. The van der Waals surface area contributed by atoms with Gasteiger partial charge in [-0.2, -0.15) is 8.42 Å². The monoisotopic (exact) mass is 290 g/mol. The maximum Gasteiger partial charge on any atom is 0.394 e. The SMILES string of the molecule is CC[N+](CC)(CC)Cc1ccccc1.O=S(=O)(O)O. The van der Waals surface area contributed by atoms with E-state index in [1.165, 1.54) is 36.2 Å². The van der Waals surface area contributed by atoms with Gasteiger partial charge in [0.15, 0.2) is 0 Å². The molecule has 0 atom stereocenters. The lowest BCUT2D eigenvalue weighted by molar-refractivity contribution is -0.936. The lowest BCUT2D eigenvalue weighted by atomic mass is 10.2. The first-order valence-corrected chi connectivity index (χ1v) is 7.75. The number of nitrogens with zero attached hydrogens (tertiary/aromatic N) is 1. The third kappa shape index (κ3) is 8.72. The molecule has 0 aliphatic rings. The first-order valence-electron chi connectivity index (χ1n) is 6.35. The molecule has 5 nitrogen and oxygen atoms in total. The molecule has 1 rings (SSSR count). The van der Waals surface area contributed by atoms with E-state index in [1.807, 2.05) is 0 Å². The summed E-state index contributed by atoms with van der Waals surface area (Å²) in [6.07, 6.45) is 0. The number of hydrogen-bond acceptors (Lipinski definition) is 2. The van der Waals surface area contributed by atoms with E-state index in [-0.39, 0.29) is 0 Å². The standard InChI is InChI=1S/C13H22N.H2O4S/c1-4-14(5-2,6-3)12-13-10-8-7-9-11-13;1-5(2,3)4/h7-11H,4-6,12H2,1-3H3;(H2,1,2,3,4)/q+1;. The largest absolute Gasteiger partial charge is 0.394 e. The molecule has 19 heavy (non-hydrogen) atoms. The van der Waals surface area contributed by atoms with Crippen LogP contribution in [0.4, 0.5) is 0 Å². The first-order chi connectivity index (χ1) is 8.76. The highest BCUT2D eigenvalue weighted by Crippen LogP contribution is 2.13. The van der Waals surface area contributed by atoms with Gasteiger partial charge in [-0.05, 0) is 20.8 Å². The van der Waals surface area contributed by atoms with Crippen molar-refractivity contribution in [1.29, 1.82) is 0 Å². The highest BCUT2D eigenvalue weighted by molar-refractivity contribution is 7.79. The van der Waals surface area contributed by atoms with Crippen LogP contribution in [-0.4, -0.2) is 41.6 Å². The summed E-state index contributed by atoms with van der Waals surface area (Å²) in [6, 6.07) is 10.8. The van der Waals surface area contributed by atoms with Gasteiger partial charge in [0, 0.05) is 5.56 Å². The van der Waals surface area contributed by atoms with Crippen LogP contribution in [0.2, 0.25) is 0 Å². The quantitative estimate of drug-likeness (QED) is 0.645. The molecule has 0 heterocycles. The van der Waals surface area contributed by atoms with Crippen LogP contribution in [0.25, 0.3) is 0 Å². The molecule has 0 aromatic heterocycles. The Hall–Kier alpha value is -0.950. The topological polar surface area (TPSA) is 74.6 Å². The van der Waals surface area contributed by atoms with Gasteiger partial charge in [0.25, 0.3) is 0 Å². The van der Waals surface area contributed by atoms with Crippen LogP contribution in [0, 0.1) is 0 Å². The summed E-state index contributed by atoms with van der Waals surface area (Å²) in [4.78, 5) is 0. The molecule has 0 fully saturated rings. The molecule has 0 saturated heterocycles. The summed E-state index contributed by atoms with van der Waals surface area (Å²) in [5.74, 6) is 0. The van der Waals surface area contributed by atoms with Crippen molar-refractivity contribution in [3.63, 3.8) is 0 Å². The van der Waals surface area contributed by atoms with Crippen molar-refractivity contribution in [2.45, 2.75) is 27.3 Å². The van der Waals surface area contributed by atoms with E-state index >= 15 is 0 Å². The lowest BCUT2D eigenvalue weighted by Gasteiger charge is -2.35. The molecule has 0 amide bonds. The zero-order chi connectivity index (χ0) is 14.9. The Kier molecular flexibility index (Phi) is 7.85. The van der Waals surface area contributed by atoms with Crippen LogP contribution in [0.3, 0.4) is 0 Å². The minimum absolute atomic E-state index is 1.17. The van der Waals surface area contributed by atoms with E-state index in [0.29, 0.717) is 0 Å². The number of benzene rings is 1. The Labute approximate surface area is 116 Å². The van der Waals surface area contributed by atoms with Crippen molar-refractivity contribution >= 4 is 10.4 Å². The normalized spacial score (nSPS) is 11.6. The molecule has 0 aliphatic carbocycles. The molecule has 0 bridgehead atoms. The molecule has 1 aromatic carbocycles. The van der Waals surface area contributed by atoms with Crippen LogP contribution in [-0.2, 0) is 16.9 Å². The number of quaternary nitrogens is 1. The van der Waals surface area contributed by atoms with Crippen molar-refractivity contribution in [1.82, 2.24) is 0 Å². The Morgan fingerprint density at radius 2 is 1.32 bits per heavy atom. The van der Waals surface area contributed by atoms with E-state index in [4.69, 9.17) is 17.5 Å². The number of hydrogen-bond donors (Lipinski definition) is 2. The van der Waals surface area contributed by atoms with Crippen molar-refractivity contribution in [3.05, 3.63) is 35.9 Å². The summed E-state index contributed by atoms with van der Waals surface area (Å²) < 4.78 is 32.8. The van der Waals surface area contributed by atoms with Crippen LogP contribution >= 0.6 is 0 Å². The molecule has 110 valence electrons. The smallest absolute Gasteiger partial charge is 0.321 e. The van der Waals surface area contributed by atoms with E-state index in [1.54, 1.807) is 0 Å². The molecule has 0 saturated carbocycles. The van der Waals surface area contributed by atoms with E-state index in [2.05, 4.69) is 51.1 Å². The molecule has 0 unspecified atom stereocenters. The minimum Gasteiger partial charge on any atom is -0.321 e. The molecule has 0 radical (unpaired) electrons. The van der Waals surface area contributed by atoms with Gasteiger partial charge in [-0.1, -0.05) is 30.3 Å². The molecule has 0 aliphatic heterocycles. The fraction of sp³-hybridized carbons (Fsp3) is 0.538. The van der Waals surface area contributed by atoms with Crippen molar-refractivity contribution in [2.24, 2.45) is 0 Å². The summed E-state index contributed by atoms with van der Waals surface area (Å²) in [7, 11) is -4.67. The van der Waals surface area contributed by atoms with Gasteiger partial charge in [-0.25, -0.2) is 0 Å². The van der Waals surface area contributed by atoms with E-state index in [0.717, 1.165) is 0 Å². The van der Waals surface area contributed by atoms with Crippen molar-refractivity contribution < 1.29 is 22.0 Å². The minimum atomic E-state index is -4.67. The van der Waals surface area contributed by atoms with Gasteiger partial charge in [0.2, 0.25) is 0 Å². The molecular weight excluding hydrogens is 266 g/mol. The average Bonchev–Trinajstić information content (AvgIpc) is 2.35. The third-order valence-corrected chi connectivity index (χ3v) is 3.37. The molecule has 6 heteroatoms. The Bertz CT molecular complexity index is 425. The Morgan fingerprint density at radius 3 is 1.63 bits per heavy atom. The summed E-state index contributed by atoms with van der Waals surface area (Å²) in [5.41, 5.74) is 1.46. The third-order valence-electron chi connectivity index (χ3n) is 3.37. The predicted octanol–water partition coefficient (Wildman–Crippen LogP) is 2.41. The Morgan fingerprint density at radius 1 is 0.947 bits per heavy atom. The zero-order valence-electron chi connectivity index (χ0n) is 11.8. The van der Waals surface area contributed by atoms with Gasteiger partial charge in [-0.15, -0.1) is 0 Å². The Balaban J connectivity index is 0.000000555. The van der Waals surface area contributed by atoms with Crippen LogP contribution in [0.1, 0.15) is 26.3 Å². The van der Waals surface area contributed by atoms with E-state index < -0.39 is 10.4 Å². The molecule has 2 N–H and O–H groups in total. The second-order valence-corrected chi connectivity index (χ2v) is 5.28. The summed E-state index contributed by atoms with van der Waals surface area (Å²) >= 11 is 0. The maximum absolute atomic E-state index is 8.74. The second-order valence-electron chi connectivity index (χ2n) is 4.38. The summed E-state index contributed by atoms with van der Waals surface area (Å²) in [5, 5.41) is 0. The van der Waals surface area contributed by atoms with Crippen molar-refractivity contribution in [3.8, 4) is 0 Å². The van der Waals surface area contributed by atoms with Gasteiger partial charge in [-0.3, -0.25) is 9.11 Å². The van der Waals surface area contributed by atoms with Gasteiger partial charge in [0.05, 0.1) is 19.6 Å². The van der Waals surface area contributed by atoms with Crippen LogP contribution in [0.5, 0.6) is 0 Å². The molecule has 0 spiro atoms. The zero-order valence-corrected chi connectivity index (χ0v) is 12.6. The fourth-order valence-electron chi connectivity index (χ4n) is 1.98. The van der Waals surface area contributed by atoms with Gasteiger partial charge >= 0.3 is 10.4 Å². The molecule has 1 aromatic rings.